The van der Waals surface area contributed by atoms with Crippen LogP contribution in [-0.4, -0.2) is 17.0 Å². The number of hydrogen-bond donors (Lipinski definition) is 2. The molecule has 100 valence electrons. The molecular formula is C14H13N5S. The molecule has 0 unspecified atom stereocenters. The lowest BCUT2D eigenvalue weighted by Gasteiger charge is -2.09. The highest BCUT2D eigenvalue weighted by molar-refractivity contribution is 8.06. The molecule has 20 heavy (non-hydrogen) atoms. The molecule has 3 N–H and O–H groups in total. The van der Waals surface area contributed by atoms with Crippen LogP contribution in [-0.2, 0) is 0 Å². The SMILES string of the molecule is C=C(SN)c1cc(-c2ccccc2C#N)nc(NC)n1. The van der Waals surface area contributed by atoms with Crippen molar-refractivity contribution in [1.29, 1.82) is 5.26 Å². The van der Waals surface area contributed by atoms with Crippen LogP contribution in [0.3, 0.4) is 0 Å². The van der Waals surface area contributed by atoms with Gasteiger partial charge in [-0.2, -0.15) is 5.26 Å². The van der Waals surface area contributed by atoms with E-state index in [0.29, 0.717) is 27.8 Å². The number of aromatic nitrogens is 2. The minimum atomic E-state index is 0.459. The van der Waals surface area contributed by atoms with Crippen LogP contribution in [0.1, 0.15) is 11.3 Å². The van der Waals surface area contributed by atoms with E-state index in [1.165, 1.54) is 0 Å². The zero-order valence-corrected chi connectivity index (χ0v) is 11.7. The quantitative estimate of drug-likeness (QED) is 0.839. The average molecular weight is 283 g/mol. The monoisotopic (exact) mass is 283 g/mol. The van der Waals surface area contributed by atoms with Crippen LogP contribution in [0.5, 0.6) is 0 Å². The Balaban J connectivity index is 2.62. The van der Waals surface area contributed by atoms with Gasteiger partial charge in [-0.05, 0) is 24.1 Å². The van der Waals surface area contributed by atoms with Crippen molar-refractivity contribution in [2.45, 2.75) is 0 Å². The summed E-state index contributed by atoms with van der Waals surface area (Å²) in [5.74, 6) is 0.459. The average Bonchev–Trinajstić information content (AvgIpc) is 2.53. The van der Waals surface area contributed by atoms with Gasteiger partial charge in [-0.15, -0.1) is 0 Å². The predicted molar refractivity (Wildman–Crippen MR) is 82.5 cm³/mol. The third-order valence-electron chi connectivity index (χ3n) is 2.70. The minimum absolute atomic E-state index is 0.459. The fourth-order valence-corrected chi connectivity index (χ4v) is 1.93. The summed E-state index contributed by atoms with van der Waals surface area (Å²) in [7, 11) is 1.73. The Labute approximate surface area is 121 Å². The van der Waals surface area contributed by atoms with Crippen LogP contribution in [0.25, 0.3) is 16.2 Å². The summed E-state index contributed by atoms with van der Waals surface area (Å²) in [4.78, 5) is 9.32. The molecule has 0 amide bonds. The highest BCUT2D eigenvalue weighted by atomic mass is 32.2. The largest absolute Gasteiger partial charge is 0.357 e. The molecule has 0 aliphatic rings. The van der Waals surface area contributed by atoms with Crippen LogP contribution >= 0.6 is 11.9 Å². The molecule has 1 aromatic heterocycles. The van der Waals surface area contributed by atoms with Gasteiger partial charge < -0.3 is 5.32 Å². The molecule has 0 spiro atoms. The smallest absolute Gasteiger partial charge is 0.223 e. The number of nitrogens with two attached hydrogens (primary N) is 1. The molecule has 2 rings (SSSR count). The zero-order valence-electron chi connectivity index (χ0n) is 10.9. The Morgan fingerprint density at radius 3 is 2.80 bits per heavy atom. The van der Waals surface area contributed by atoms with Crippen molar-refractivity contribution >= 4 is 22.8 Å². The van der Waals surface area contributed by atoms with Gasteiger partial charge in [0.2, 0.25) is 5.95 Å². The second kappa shape index (κ2) is 6.19. The van der Waals surface area contributed by atoms with Gasteiger partial charge in [0.15, 0.2) is 0 Å². The zero-order chi connectivity index (χ0) is 14.5. The van der Waals surface area contributed by atoms with Gasteiger partial charge in [0.1, 0.15) is 0 Å². The summed E-state index contributed by atoms with van der Waals surface area (Å²) in [5.41, 5.74) is 2.61. The topological polar surface area (TPSA) is 87.6 Å². The van der Waals surface area contributed by atoms with Gasteiger partial charge >= 0.3 is 0 Å². The molecule has 0 saturated carbocycles. The van der Waals surface area contributed by atoms with Crippen LogP contribution < -0.4 is 10.5 Å². The van der Waals surface area contributed by atoms with Crippen LogP contribution in [0.2, 0.25) is 0 Å². The molecule has 0 aliphatic carbocycles. The minimum Gasteiger partial charge on any atom is -0.357 e. The summed E-state index contributed by atoms with van der Waals surface area (Å²) in [6.07, 6.45) is 0. The van der Waals surface area contributed by atoms with E-state index in [9.17, 15) is 5.26 Å². The molecule has 1 heterocycles. The molecule has 0 radical (unpaired) electrons. The van der Waals surface area contributed by atoms with Crippen molar-refractivity contribution in [3.8, 4) is 17.3 Å². The fraction of sp³-hybridized carbons (Fsp3) is 0.0714. The van der Waals surface area contributed by atoms with E-state index in [4.69, 9.17) is 5.14 Å². The van der Waals surface area contributed by atoms with Gasteiger partial charge in [0.25, 0.3) is 0 Å². The van der Waals surface area contributed by atoms with E-state index in [0.717, 1.165) is 17.5 Å². The van der Waals surface area contributed by atoms with Crippen molar-refractivity contribution in [1.82, 2.24) is 9.97 Å². The lowest BCUT2D eigenvalue weighted by atomic mass is 10.0. The third-order valence-corrected chi connectivity index (χ3v) is 3.19. The normalized spacial score (nSPS) is 9.85. The maximum absolute atomic E-state index is 9.18. The first-order chi connectivity index (χ1) is 9.69. The van der Waals surface area contributed by atoms with Crippen molar-refractivity contribution in [3.63, 3.8) is 0 Å². The van der Waals surface area contributed by atoms with Gasteiger partial charge in [-0.25, -0.2) is 9.97 Å². The predicted octanol–water partition coefficient (Wildman–Crippen LogP) is 2.63. The third kappa shape index (κ3) is 2.79. The second-order valence-electron chi connectivity index (χ2n) is 3.91. The van der Waals surface area contributed by atoms with Gasteiger partial charge in [-0.3, -0.25) is 5.14 Å². The first-order valence-electron chi connectivity index (χ1n) is 5.82. The van der Waals surface area contributed by atoms with E-state index in [1.54, 1.807) is 19.2 Å². The molecule has 0 saturated heterocycles. The Morgan fingerprint density at radius 2 is 2.15 bits per heavy atom. The van der Waals surface area contributed by atoms with E-state index >= 15 is 0 Å². The number of nitrogens with one attached hydrogen (secondary N) is 1. The molecule has 5 nitrogen and oxygen atoms in total. The number of hydrogen-bond acceptors (Lipinski definition) is 6. The Kier molecular flexibility index (Phi) is 4.35. The first-order valence-corrected chi connectivity index (χ1v) is 6.70. The van der Waals surface area contributed by atoms with Crippen molar-refractivity contribution in [3.05, 3.63) is 48.2 Å². The van der Waals surface area contributed by atoms with Crippen LogP contribution in [0.4, 0.5) is 5.95 Å². The Morgan fingerprint density at radius 1 is 1.40 bits per heavy atom. The summed E-state index contributed by atoms with van der Waals surface area (Å²) >= 11 is 1.03. The fourth-order valence-electron chi connectivity index (χ4n) is 1.70. The standard InChI is InChI=1S/C14H13N5S/c1-9(20-16)12-7-13(19-14(17-2)18-12)11-6-4-3-5-10(11)8-15/h3-7H,1,16H2,2H3,(H,17,18,19). The van der Waals surface area contributed by atoms with E-state index in [2.05, 4.69) is 27.9 Å². The summed E-state index contributed by atoms with van der Waals surface area (Å²) in [5, 5.41) is 17.6. The highest BCUT2D eigenvalue weighted by Crippen LogP contribution is 2.27. The molecule has 1 aromatic carbocycles. The molecule has 0 aliphatic heterocycles. The number of nitrogens with zero attached hydrogens (tertiary/aromatic N) is 3. The summed E-state index contributed by atoms with van der Waals surface area (Å²) in [6, 6.07) is 11.2. The van der Waals surface area contributed by atoms with Crippen molar-refractivity contribution in [2.75, 3.05) is 12.4 Å². The molecule has 0 bridgehead atoms. The first kappa shape index (κ1) is 14.1. The van der Waals surface area contributed by atoms with Crippen LogP contribution in [0, 0.1) is 11.3 Å². The summed E-state index contributed by atoms with van der Waals surface area (Å²) < 4.78 is 0. The van der Waals surface area contributed by atoms with Crippen LogP contribution in [0.15, 0.2) is 36.9 Å². The molecule has 2 aromatic rings. The summed E-state index contributed by atoms with van der Waals surface area (Å²) in [6.45, 7) is 3.85. The number of nitriles is 1. The molecule has 0 fully saturated rings. The van der Waals surface area contributed by atoms with Gasteiger partial charge in [0, 0.05) is 17.5 Å². The number of benzene rings is 1. The van der Waals surface area contributed by atoms with Gasteiger partial charge in [-0.1, -0.05) is 24.8 Å². The lowest BCUT2D eigenvalue weighted by molar-refractivity contribution is 1.14. The lowest BCUT2D eigenvalue weighted by Crippen LogP contribution is -2.01. The number of anilines is 1. The molecular weight excluding hydrogens is 270 g/mol. The van der Waals surface area contributed by atoms with E-state index in [-0.39, 0.29) is 0 Å². The number of rotatable bonds is 4. The second-order valence-corrected chi connectivity index (χ2v) is 4.64. The van der Waals surface area contributed by atoms with Crippen molar-refractivity contribution < 1.29 is 0 Å². The van der Waals surface area contributed by atoms with E-state index < -0.39 is 0 Å². The Hall–Kier alpha value is -2.36. The van der Waals surface area contributed by atoms with Gasteiger partial charge in [0.05, 0.1) is 23.0 Å². The molecule has 6 heteroatoms. The molecule has 0 atom stereocenters. The van der Waals surface area contributed by atoms with E-state index in [1.807, 2.05) is 18.2 Å². The highest BCUT2D eigenvalue weighted by Gasteiger charge is 2.11. The maximum Gasteiger partial charge on any atom is 0.223 e. The maximum atomic E-state index is 9.18. The Bertz CT molecular complexity index is 690. The van der Waals surface area contributed by atoms with Crippen molar-refractivity contribution in [2.24, 2.45) is 5.14 Å².